The Hall–Kier alpha value is -2.03. The van der Waals surface area contributed by atoms with Crippen molar-refractivity contribution in [2.75, 3.05) is 12.4 Å². The van der Waals surface area contributed by atoms with Gasteiger partial charge in [0.15, 0.2) is 0 Å². The molecule has 1 saturated heterocycles. The zero-order valence-electron chi connectivity index (χ0n) is 9.51. The molecule has 0 saturated carbocycles. The van der Waals surface area contributed by atoms with Gasteiger partial charge in [-0.05, 0) is 17.5 Å². The Morgan fingerprint density at radius 1 is 1.59 bits per heavy atom. The van der Waals surface area contributed by atoms with Gasteiger partial charge in [-0.15, -0.1) is 0 Å². The molecule has 17 heavy (non-hydrogen) atoms. The second-order valence-electron chi connectivity index (χ2n) is 4.28. The molecule has 1 N–H and O–H groups in total. The van der Waals surface area contributed by atoms with Crippen molar-refractivity contribution in [2.45, 2.75) is 18.6 Å². The molecule has 0 unspecified atom stereocenters. The number of nitrogens with zero attached hydrogens (tertiary/aromatic N) is 2. The van der Waals surface area contributed by atoms with E-state index < -0.39 is 4.92 Å². The number of rotatable bonds is 3. The Labute approximate surface area is 99.7 Å². The van der Waals surface area contributed by atoms with Gasteiger partial charge in [0.05, 0.1) is 4.92 Å². The first kappa shape index (κ1) is 11.5. The largest absolute Gasteiger partial charge is 0.383 e. The maximum absolute atomic E-state index is 10.8. The van der Waals surface area contributed by atoms with Crippen LogP contribution in [0, 0.1) is 21.3 Å². The minimum atomic E-state index is -0.394. The normalized spacial score (nSPS) is 14.9. The first-order valence-electron chi connectivity index (χ1n) is 5.51. The van der Waals surface area contributed by atoms with Crippen LogP contribution in [0.3, 0.4) is 0 Å². The van der Waals surface area contributed by atoms with Crippen LogP contribution in [0.15, 0.2) is 18.2 Å². The lowest BCUT2D eigenvalue weighted by Gasteiger charge is -2.28. The van der Waals surface area contributed by atoms with Crippen molar-refractivity contribution < 1.29 is 4.92 Å². The number of benzene rings is 1. The van der Waals surface area contributed by atoms with E-state index in [1.165, 1.54) is 6.07 Å². The summed E-state index contributed by atoms with van der Waals surface area (Å²) in [7, 11) is 1.67. The summed E-state index contributed by atoms with van der Waals surface area (Å²) in [5, 5.41) is 22.3. The molecule has 2 rings (SSSR count). The van der Waals surface area contributed by atoms with Gasteiger partial charge in [0, 0.05) is 19.1 Å². The number of nitro groups is 1. The van der Waals surface area contributed by atoms with Gasteiger partial charge < -0.3 is 5.32 Å². The topological polar surface area (TPSA) is 79.0 Å². The Morgan fingerprint density at radius 3 is 2.82 bits per heavy atom. The maximum Gasteiger partial charge on any atom is 0.292 e. The molecular weight excluding hydrogens is 217 g/mol. The molecule has 0 radical (unpaired) electrons. The predicted molar refractivity (Wildman–Crippen MR) is 66.4 cm³/mol. The minimum Gasteiger partial charge on any atom is -0.383 e. The van der Waals surface area contributed by atoms with Crippen LogP contribution in [0.1, 0.15) is 11.5 Å². The van der Waals surface area contributed by atoms with Gasteiger partial charge in [0.1, 0.15) is 5.69 Å². The zero-order valence-corrected chi connectivity index (χ0v) is 9.51. The lowest BCUT2D eigenvalue weighted by molar-refractivity contribution is -0.384. The Balaban J connectivity index is 2.22. The molecule has 0 atom stereocenters. The molecule has 1 aliphatic heterocycles. The van der Waals surface area contributed by atoms with Gasteiger partial charge in [-0.2, -0.15) is 0 Å². The van der Waals surface area contributed by atoms with Crippen molar-refractivity contribution in [3.63, 3.8) is 0 Å². The molecule has 0 aromatic heterocycles. The smallest absolute Gasteiger partial charge is 0.292 e. The Kier molecular flexibility index (Phi) is 3.00. The molecule has 1 heterocycles. The van der Waals surface area contributed by atoms with Crippen molar-refractivity contribution in [3.8, 4) is 5.97 Å². The van der Waals surface area contributed by atoms with E-state index in [9.17, 15) is 10.1 Å². The van der Waals surface area contributed by atoms with Crippen molar-refractivity contribution in [2.24, 2.45) is 0 Å². The predicted octanol–water partition coefficient (Wildman–Crippen LogP) is 2.29. The van der Waals surface area contributed by atoms with Gasteiger partial charge >= 0.3 is 0 Å². The van der Waals surface area contributed by atoms with Crippen LogP contribution in [0.4, 0.5) is 11.4 Å². The number of nitrogens with one attached hydrogen (secondary N) is 1. The molecular formula is C11H12BN3O2. The summed E-state index contributed by atoms with van der Waals surface area (Å²) in [5.74, 6) is 2.60. The molecule has 1 aromatic carbocycles. The third-order valence-corrected chi connectivity index (χ3v) is 3.28. The highest BCUT2D eigenvalue weighted by Gasteiger charge is 2.34. The maximum atomic E-state index is 10.8. The number of anilines is 1. The third kappa shape index (κ3) is 2.09. The molecule has 86 valence electrons. The first-order chi connectivity index (χ1) is 8.15. The van der Waals surface area contributed by atoms with Crippen LogP contribution in [-0.4, -0.2) is 18.7 Å². The van der Waals surface area contributed by atoms with E-state index in [0.29, 0.717) is 11.6 Å². The number of hydrogen-bond acceptors (Lipinski definition) is 4. The van der Waals surface area contributed by atoms with E-state index >= 15 is 0 Å². The fourth-order valence-corrected chi connectivity index (χ4v) is 2.16. The zero-order chi connectivity index (χ0) is 12.4. The molecule has 5 nitrogen and oxygen atoms in total. The van der Waals surface area contributed by atoms with E-state index in [4.69, 9.17) is 5.26 Å². The van der Waals surface area contributed by atoms with E-state index in [0.717, 1.165) is 18.2 Å². The highest BCUT2D eigenvalue weighted by molar-refractivity contribution is 6.70. The van der Waals surface area contributed by atoms with Crippen LogP contribution in [-0.2, 0) is 0 Å². The number of nitriles is 1. The van der Waals surface area contributed by atoms with E-state index in [2.05, 4.69) is 11.3 Å². The van der Waals surface area contributed by atoms with E-state index in [-0.39, 0.29) is 12.4 Å². The quantitative estimate of drug-likeness (QED) is 0.489. The van der Waals surface area contributed by atoms with Crippen molar-refractivity contribution in [3.05, 3.63) is 33.9 Å². The molecule has 0 bridgehead atoms. The highest BCUT2D eigenvalue weighted by atomic mass is 16.6. The van der Waals surface area contributed by atoms with Gasteiger partial charge in [0.2, 0.25) is 0 Å². The van der Waals surface area contributed by atoms with Crippen molar-refractivity contribution >= 4 is 18.1 Å². The van der Waals surface area contributed by atoms with Gasteiger partial charge in [0.25, 0.3) is 12.4 Å². The standard InChI is InChI=1S/C11H12BN3O2/c1-14-10-4-8(2-3-11(10)15(16)17)9-5-12(6-9)7-13/h2-4,9,14H,5-6H2,1H3. The van der Waals surface area contributed by atoms with Crippen LogP contribution >= 0.6 is 0 Å². The summed E-state index contributed by atoms with van der Waals surface area (Å²) < 4.78 is 0. The summed E-state index contributed by atoms with van der Waals surface area (Å²) in [5.41, 5.74) is 1.70. The average Bonchev–Trinajstić information content (AvgIpc) is 2.27. The summed E-state index contributed by atoms with van der Waals surface area (Å²) >= 11 is 0. The molecule has 0 amide bonds. The molecule has 0 spiro atoms. The lowest BCUT2D eigenvalue weighted by Crippen LogP contribution is -2.28. The average molecular weight is 229 g/mol. The van der Waals surface area contributed by atoms with Gasteiger partial charge in [-0.25, -0.2) is 5.26 Å². The van der Waals surface area contributed by atoms with Gasteiger partial charge in [-0.3, -0.25) is 10.1 Å². The number of nitro benzene ring substituents is 1. The Bertz CT molecular complexity index is 492. The number of hydrogen-bond donors (Lipinski definition) is 1. The second-order valence-corrected chi connectivity index (χ2v) is 4.28. The Morgan fingerprint density at radius 2 is 2.29 bits per heavy atom. The highest BCUT2D eigenvalue weighted by Crippen LogP contribution is 2.40. The molecule has 6 heteroatoms. The van der Waals surface area contributed by atoms with Crippen LogP contribution in [0.25, 0.3) is 0 Å². The second kappa shape index (κ2) is 4.46. The van der Waals surface area contributed by atoms with Crippen LogP contribution < -0.4 is 5.32 Å². The monoisotopic (exact) mass is 229 g/mol. The van der Waals surface area contributed by atoms with Crippen molar-refractivity contribution in [1.29, 1.82) is 5.26 Å². The SMILES string of the molecule is CNc1cc(C2CB(C#N)C2)ccc1[N+](=O)[O-]. The van der Waals surface area contributed by atoms with Crippen LogP contribution in [0.5, 0.6) is 0 Å². The summed E-state index contributed by atoms with van der Waals surface area (Å²) in [6, 6.07) is 5.13. The molecule has 1 aromatic rings. The summed E-state index contributed by atoms with van der Waals surface area (Å²) in [6.45, 7) is 0.147. The fourth-order valence-electron chi connectivity index (χ4n) is 2.16. The fraction of sp³-hybridized carbons (Fsp3) is 0.364. The van der Waals surface area contributed by atoms with Crippen molar-refractivity contribution in [1.82, 2.24) is 0 Å². The van der Waals surface area contributed by atoms with Crippen LogP contribution in [0.2, 0.25) is 12.6 Å². The summed E-state index contributed by atoms with van der Waals surface area (Å²) in [6.07, 6.45) is 1.72. The molecule has 1 aliphatic rings. The first-order valence-corrected chi connectivity index (χ1v) is 5.51. The molecule has 0 aliphatic carbocycles. The molecule has 1 fully saturated rings. The van der Waals surface area contributed by atoms with E-state index in [1.54, 1.807) is 13.1 Å². The van der Waals surface area contributed by atoms with E-state index in [1.807, 2.05) is 6.07 Å². The minimum absolute atomic E-state index is 0.0902. The van der Waals surface area contributed by atoms with Gasteiger partial charge in [-0.1, -0.05) is 18.7 Å². The lowest BCUT2D eigenvalue weighted by atomic mass is 9.32. The third-order valence-electron chi connectivity index (χ3n) is 3.28. The summed E-state index contributed by atoms with van der Waals surface area (Å²) in [4.78, 5) is 10.4.